The summed E-state index contributed by atoms with van der Waals surface area (Å²) < 4.78 is 18.9. The Balaban J connectivity index is 2.33. The Morgan fingerprint density at radius 2 is 2.00 bits per heavy atom. The number of Topliss-reactive ketones (excluding diaryl/α,β-unsaturated/α-hetero) is 1. The van der Waals surface area contributed by atoms with Crippen molar-refractivity contribution in [2.24, 2.45) is 5.92 Å². The Hall–Kier alpha value is -1.38. The second kappa shape index (κ2) is 9.54. The predicted octanol–water partition coefficient (Wildman–Crippen LogP) is 4.94. The lowest BCUT2D eigenvalue weighted by atomic mass is 10.0. The van der Waals surface area contributed by atoms with Crippen LogP contribution in [0.3, 0.4) is 0 Å². The molecule has 0 aliphatic carbocycles. The number of hydrogen-bond donors (Lipinski definition) is 0. The summed E-state index contributed by atoms with van der Waals surface area (Å²) in [7, 11) is 0. The van der Waals surface area contributed by atoms with Crippen LogP contribution in [0.2, 0.25) is 0 Å². The first kappa shape index (κ1) is 17.7. The third-order valence-electron chi connectivity index (χ3n) is 3.49. The van der Waals surface area contributed by atoms with Gasteiger partial charge in [-0.15, -0.1) is 0 Å². The first-order valence-electron chi connectivity index (χ1n) is 7.98. The summed E-state index contributed by atoms with van der Waals surface area (Å²) in [6.07, 6.45) is 5.43. The summed E-state index contributed by atoms with van der Waals surface area (Å²) in [5, 5.41) is 0. The van der Waals surface area contributed by atoms with Crippen LogP contribution in [0.1, 0.15) is 58.4 Å². The molecule has 0 aromatic heterocycles. The molecule has 0 saturated heterocycles. The molecule has 0 atom stereocenters. The molecule has 0 aliphatic heterocycles. The summed E-state index contributed by atoms with van der Waals surface area (Å²) in [6, 6.07) is 5.08. The quantitative estimate of drug-likeness (QED) is 0.571. The molecule has 2 nitrogen and oxygen atoms in total. The van der Waals surface area contributed by atoms with Crippen molar-refractivity contribution in [1.82, 2.24) is 0 Å². The number of aryl methyl sites for hydroxylation is 1. The molecule has 21 heavy (non-hydrogen) atoms. The number of carbonyl (C=O) groups excluding carboxylic acids is 1. The van der Waals surface area contributed by atoms with Gasteiger partial charge in [0.05, 0.1) is 6.61 Å². The van der Waals surface area contributed by atoms with E-state index < -0.39 is 0 Å². The molecule has 0 fully saturated rings. The van der Waals surface area contributed by atoms with Gasteiger partial charge in [-0.05, 0) is 43.4 Å². The molecule has 0 unspecified atom stereocenters. The van der Waals surface area contributed by atoms with E-state index in [4.69, 9.17) is 4.74 Å². The fourth-order valence-corrected chi connectivity index (χ4v) is 2.12. The zero-order chi connectivity index (χ0) is 15.7. The summed E-state index contributed by atoms with van der Waals surface area (Å²) in [5.41, 5.74) is 1.10. The Kier molecular flexibility index (Phi) is 8.03. The van der Waals surface area contributed by atoms with Crippen molar-refractivity contribution >= 4 is 5.78 Å². The van der Waals surface area contributed by atoms with E-state index in [1.54, 1.807) is 6.07 Å². The van der Waals surface area contributed by atoms with Gasteiger partial charge in [0.1, 0.15) is 5.78 Å². The zero-order valence-corrected chi connectivity index (χ0v) is 13.5. The molecule has 0 aliphatic rings. The van der Waals surface area contributed by atoms with Crippen molar-refractivity contribution < 1.29 is 13.9 Å². The Bertz CT molecular complexity index is 441. The number of ether oxygens (including phenoxy) is 1. The Morgan fingerprint density at radius 3 is 2.67 bits per heavy atom. The van der Waals surface area contributed by atoms with Crippen LogP contribution < -0.4 is 4.74 Å². The third-order valence-corrected chi connectivity index (χ3v) is 3.49. The fraction of sp³-hybridized carbons (Fsp3) is 0.611. The molecule has 1 aromatic rings. The number of unbranched alkanes of at least 4 members (excludes halogenated alkanes) is 2. The highest BCUT2D eigenvalue weighted by Gasteiger charge is 2.07. The summed E-state index contributed by atoms with van der Waals surface area (Å²) in [6.45, 7) is 6.43. The van der Waals surface area contributed by atoms with Crippen LogP contribution in [-0.2, 0) is 11.2 Å². The van der Waals surface area contributed by atoms with Crippen molar-refractivity contribution in [3.8, 4) is 5.75 Å². The van der Waals surface area contributed by atoms with E-state index in [1.165, 1.54) is 6.07 Å². The highest BCUT2D eigenvalue weighted by molar-refractivity contribution is 5.80. The van der Waals surface area contributed by atoms with Crippen LogP contribution in [0.15, 0.2) is 18.2 Å². The monoisotopic (exact) mass is 294 g/mol. The summed E-state index contributed by atoms with van der Waals surface area (Å²) in [5.74, 6) is 0.534. The van der Waals surface area contributed by atoms with Gasteiger partial charge in [0.15, 0.2) is 11.6 Å². The van der Waals surface area contributed by atoms with Gasteiger partial charge < -0.3 is 4.74 Å². The molecular formula is C18H27FO2. The lowest BCUT2D eigenvalue weighted by Crippen LogP contribution is -2.06. The van der Waals surface area contributed by atoms with Crippen LogP contribution in [0, 0.1) is 11.7 Å². The normalized spacial score (nSPS) is 10.9. The zero-order valence-electron chi connectivity index (χ0n) is 13.5. The summed E-state index contributed by atoms with van der Waals surface area (Å²) in [4.78, 5) is 11.5. The molecule has 0 radical (unpaired) electrons. The minimum atomic E-state index is -0.297. The molecule has 1 rings (SSSR count). The maximum absolute atomic E-state index is 13.5. The van der Waals surface area contributed by atoms with E-state index in [9.17, 15) is 9.18 Å². The van der Waals surface area contributed by atoms with E-state index in [1.807, 2.05) is 26.8 Å². The van der Waals surface area contributed by atoms with Gasteiger partial charge in [0, 0.05) is 12.3 Å². The number of carbonyl (C=O) groups is 1. The van der Waals surface area contributed by atoms with Gasteiger partial charge in [0.2, 0.25) is 0 Å². The fourth-order valence-electron chi connectivity index (χ4n) is 2.12. The van der Waals surface area contributed by atoms with Crippen molar-refractivity contribution in [1.29, 1.82) is 0 Å². The lowest BCUT2D eigenvalue weighted by Gasteiger charge is -2.08. The average molecular weight is 294 g/mol. The van der Waals surface area contributed by atoms with Gasteiger partial charge in [-0.25, -0.2) is 4.39 Å². The molecule has 0 amide bonds. The van der Waals surface area contributed by atoms with Gasteiger partial charge in [-0.2, -0.15) is 0 Å². The minimum Gasteiger partial charge on any atom is -0.491 e. The number of rotatable bonds is 10. The first-order valence-corrected chi connectivity index (χ1v) is 7.98. The van der Waals surface area contributed by atoms with E-state index in [-0.39, 0.29) is 11.7 Å². The molecule has 1 aromatic carbocycles. The van der Waals surface area contributed by atoms with Crippen LogP contribution in [0.25, 0.3) is 0 Å². The van der Waals surface area contributed by atoms with Crippen molar-refractivity contribution in [2.45, 2.75) is 59.3 Å². The second-order valence-electron chi connectivity index (χ2n) is 5.79. The van der Waals surface area contributed by atoms with Crippen LogP contribution in [0.4, 0.5) is 4.39 Å². The maximum atomic E-state index is 13.5. The third kappa shape index (κ3) is 6.74. The Labute approximate surface area is 127 Å². The smallest absolute Gasteiger partial charge is 0.165 e. The van der Waals surface area contributed by atoms with Crippen molar-refractivity contribution in [2.75, 3.05) is 6.61 Å². The molecule has 0 N–H and O–H groups in total. The van der Waals surface area contributed by atoms with E-state index in [0.29, 0.717) is 24.6 Å². The van der Waals surface area contributed by atoms with Gasteiger partial charge in [0.25, 0.3) is 0 Å². The average Bonchev–Trinajstić information content (AvgIpc) is 2.46. The molecule has 0 heterocycles. The lowest BCUT2D eigenvalue weighted by molar-refractivity contribution is -0.122. The van der Waals surface area contributed by atoms with Crippen molar-refractivity contribution in [3.05, 3.63) is 29.6 Å². The molecule has 0 spiro atoms. The SMILES string of the molecule is CCCOc1cc(CCCCCC(=O)C(C)C)ccc1F. The second-order valence-corrected chi connectivity index (χ2v) is 5.79. The molecule has 118 valence electrons. The highest BCUT2D eigenvalue weighted by Crippen LogP contribution is 2.20. The number of halogens is 1. The maximum Gasteiger partial charge on any atom is 0.165 e. The molecular weight excluding hydrogens is 267 g/mol. The topological polar surface area (TPSA) is 26.3 Å². The molecule has 0 saturated carbocycles. The number of hydrogen-bond acceptors (Lipinski definition) is 2. The molecule has 0 bridgehead atoms. The largest absolute Gasteiger partial charge is 0.491 e. The van der Waals surface area contributed by atoms with E-state index >= 15 is 0 Å². The minimum absolute atomic E-state index is 0.139. The highest BCUT2D eigenvalue weighted by atomic mass is 19.1. The standard InChI is InChI=1S/C18H27FO2/c1-4-12-21-18-13-15(10-11-16(18)19)8-6-5-7-9-17(20)14(2)3/h10-11,13-14H,4-9,12H2,1-3H3. The molecule has 3 heteroatoms. The summed E-state index contributed by atoms with van der Waals surface area (Å²) >= 11 is 0. The van der Waals surface area contributed by atoms with Gasteiger partial charge in [-0.3, -0.25) is 4.79 Å². The number of ketones is 1. The predicted molar refractivity (Wildman–Crippen MR) is 84.2 cm³/mol. The van der Waals surface area contributed by atoms with Crippen LogP contribution in [0.5, 0.6) is 5.75 Å². The van der Waals surface area contributed by atoms with Crippen LogP contribution in [-0.4, -0.2) is 12.4 Å². The van der Waals surface area contributed by atoms with E-state index in [2.05, 4.69) is 0 Å². The van der Waals surface area contributed by atoms with Crippen LogP contribution >= 0.6 is 0 Å². The van der Waals surface area contributed by atoms with Crippen molar-refractivity contribution in [3.63, 3.8) is 0 Å². The van der Waals surface area contributed by atoms with Gasteiger partial charge in [-0.1, -0.05) is 33.3 Å². The van der Waals surface area contributed by atoms with E-state index in [0.717, 1.165) is 37.7 Å². The first-order chi connectivity index (χ1) is 10.0. The number of benzene rings is 1. The van der Waals surface area contributed by atoms with Gasteiger partial charge >= 0.3 is 0 Å². The Morgan fingerprint density at radius 1 is 1.24 bits per heavy atom.